The summed E-state index contributed by atoms with van der Waals surface area (Å²) in [5.41, 5.74) is 0. The van der Waals surface area contributed by atoms with Gasteiger partial charge in [-0.1, -0.05) is 152 Å². The molecule has 1 amide bonds. The van der Waals surface area contributed by atoms with Crippen LogP contribution in [0.5, 0.6) is 0 Å². The smallest absolute Gasteiger partial charge is 0.221 e. The standard InChI is InChI=1S/C42H78N2O/c1-5-7-9-11-13-15-17-19-21-23-25-27-29-31-33-35-37-41(40-43-42(45)38-39-44(3)4)36-34-32-30-28-26-24-22-20-18-16-14-12-10-8-6-2/h12-15,18-21,41H,5-11,16-17,22-40H2,1-4H3,(H,43,45)/b14-12+,15-13-,20-18-,21-19-. The van der Waals surface area contributed by atoms with Crippen molar-refractivity contribution in [3.05, 3.63) is 48.6 Å². The molecule has 45 heavy (non-hydrogen) atoms. The van der Waals surface area contributed by atoms with Crippen molar-refractivity contribution in [2.75, 3.05) is 27.2 Å². The number of allylic oxidation sites excluding steroid dienone is 8. The summed E-state index contributed by atoms with van der Waals surface area (Å²) >= 11 is 0. The van der Waals surface area contributed by atoms with Gasteiger partial charge in [0.2, 0.25) is 5.91 Å². The molecule has 0 aliphatic heterocycles. The molecule has 0 bridgehead atoms. The number of unbranched alkanes of at least 4 members (excludes halogenated alkanes) is 17. The fraction of sp³-hybridized carbons (Fsp3) is 0.786. The summed E-state index contributed by atoms with van der Waals surface area (Å²) in [6, 6.07) is 0. The van der Waals surface area contributed by atoms with Gasteiger partial charge >= 0.3 is 0 Å². The van der Waals surface area contributed by atoms with E-state index in [1.54, 1.807) is 0 Å². The number of carbonyl (C=O) groups is 1. The van der Waals surface area contributed by atoms with Crippen LogP contribution in [0.1, 0.15) is 181 Å². The van der Waals surface area contributed by atoms with E-state index in [4.69, 9.17) is 0 Å². The highest BCUT2D eigenvalue weighted by atomic mass is 16.1. The van der Waals surface area contributed by atoms with Crippen molar-refractivity contribution >= 4 is 5.91 Å². The molecule has 1 N–H and O–H groups in total. The van der Waals surface area contributed by atoms with E-state index < -0.39 is 0 Å². The van der Waals surface area contributed by atoms with Gasteiger partial charge in [-0.3, -0.25) is 4.79 Å². The molecule has 0 spiro atoms. The van der Waals surface area contributed by atoms with Crippen LogP contribution in [-0.4, -0.2) is 38.0 Å². The van der Waals surface area contributed by atoms with Gasteiger partial charge in [0.25, 0.3) is 0 Å². The summed E-state index contributed by atoms with van der Waals surface area (Å²) in [4.78, 5) is 14.4. The van der Waals surface area contributed by atoms with Crippen LogP contribution < -0.4 is 5.32 Å². The third-order valence-corrected chi connectivity index (χ3v) is 8.75. The van der Waals surface area contributed by atoms with Crippen molar-refractivity contribution in [3.8, 4) is 0 Å². The fourth-order valence-corrected chi connectivity index (χ4v) is 5.67. The molecule has 0 aliphatic carbocycles. The van der Waals surface area contributed by atoms with Crippen LogP contribution in [0.4, 0.5) is 0 Å². The minimum Gasteiger partial charge on any atom is -0.356 e. The molecular weight excluding hydrogens is 548 g/mol. The monoisotopic (exact) mass is 627 g/mol. The number of nitrogens with zero attached hydrogens (tertiary/aromatic N) is 1. The number of amides is 1. The Hall–Kier alpha value is -1.61. The molecule has 0 rings (SSSR count). The summed E-state index contributed by atoms with van der Waals surface area (Å²) in [6.45, 7) is 6.21. The Morgan fingerprint density at radius 3 is 1.38 bits per heavy atom. The lowest BCUT2D eigenvalue weighted by Crippen LogP contribution is -2.31. The number of nitrogens with one attached hydrogen (secondary N) is 1. The Labute approximate surface area is 282 Å². The first kappa shape index (κ1) is 43.4. The Kier molecular flexibility index (Phi) is 35.5. The van der Waals surface area contributed by atoms with E-state index in [2.05, 4.69) is 72.7 Å². The molecule has 0 aromatic heterocycles. The van der Waals surface area contributed by atoms with Gasteiger partial charge in [-0.25, -0.2) is 0 Å². The minimum atomic E-state index is 0.215. The van der Waals surface area contributed by atoms with Crippen LogP contribution in [0.2, 0.25) is 0 Å². The molecule has 0 fully saturated rings. The molecular formula is C42H78N2O. The topological polar surface area (TPSA) is 32.3 Å². The van der Waals surface area contributed by atoms with Crippen LogP contribution in [0.25, 0.3) is 0 Å². The minimum absolute atomic E-state index is 0.215. The lowest BCUT2D eigenvalue weighted by molar-refractivity contribution is -0.121. The number of hydrogen-bond donors (Lipinski definition) is 1. The number of hydrogen-bond acceptors (Lipinski definition) is 2. The molecule has 0 radical (unpaired) electrons. The van der Waals surface area contributed by atoms with Crippen LogP contribution >= 0.6 is 0 Å². The van der Waals surface area contributed by atoms with Crippen molar-refractivity contribution in [1.82, 2.24) is 10.2 Å². The number of carbonyl (C=O) groups excluding carboxylic acids is 1. The van der Waals surface area contributed by atoms with Gasteiger partial charge in [0.15, 0.2) is 0 Å². The molecule has 0 aromatic rings. The highest BCUT2D eigenvalue weighted by molar-refractivity contribution is 5.76. The predicted molar refractivity (Wildman–Crippen MR) is 203 cm³/mol. The predicted octanol–water partition coefficient (Wildman–Crippen LogP) is 12.7. The zero-order valence-electron chi connectivity index (χ0n) is 30.9. The molecule has 1 unspecified atom stereocenters. The molecule has 262 valence electrons. The van der Waals surface area contributed by atoms with Crippen LogP contribution in [0.3, 0.4) is 0 Å². The van der Waals surface area contributed by atoms with E-state index in [0.717, 1.165) is 25.9 Å². The van der Waals surface area contributed by atoms with Gasteiger partial charge in [0.05, 0.1) is 0 Å². The average Bonchev–Trinajstić information content (AvgIpc) is 3.03. The fourth-order valence-electron chi connectivity index (χ4n) is 5.67. The van der Waals surface area contributed by atoms with Crippen molar-refractivity contribution in [3.63, 3.8) is 0 Å². The Balaban J connectivity index is 4.01. The molecule has 1 atom stereocenters. The second kappa shape index (κ2) is 36.9. The van der Waals surface area contributed by atoms with Gasteiger partial charge in [-0.2, -0.15) is 0 Å². The third-order valence-electron chi connectivity index (χ3n) is 8.75. The summed E-state index contributed by atoms with van der Waals surface area (Å²) in [5, 5.41) is 3.26. The van der Waals surface area contributed by atoms with Gasteiger partial charge in [-0.05, 0) is 90.6 Å². The zero-order valence-corrected chi connectivity index (χ0v) is 30.9. The molecule has 0 aromatic carbocycles. The van der Waals surface area contributed by atoms with E-state index in [0.29, 0.717) is 12.3 Å². The van der Waals surface area contributed by atoms with E-state index in [9.17, 15) is 4.79 Å². The highest BCUT2D eigenvalue weighted by Gasteiger charge is 2.11. The molecule has 0 saturated carbocycles. The van der Waals surface area contributed by atoms with Gasteiger partial charge in [0.1, 0.15) is 0 Å². The first-order valence-electron chi connectivity index (χ1n) is 19.6. The van der Waals surface area contributed by atoms with Crippen LogP contribution in [-0.2, 0) is 4.79 Å². The van der Waals surface area contributed by atoms with E-state index in [1.807, 2.05) is 14.1 Å². The summed E-state index contributed by atoms with van der Waals surface area (Å²) in [6.07, 6.45) is 51.7. The second-order valence-corrected chi connectivity index (χ2v) is 13.6. The Bertz CT molecular complexity index is 720. The van der Waals surface area contributed by atoms with Gasteiger partial charge in [-0.15, -0.1) is 0 Å². The maximum absolute atomic E-state index is 12.3. The van der Waals surface area contributed by atoms with Gasteiger partial charge < -0.3 is 10.2 Å². The van der Waals surface area contributed by atoms with Gasteiger partial charge in [0, 0.05) is 19.5 Å². The summed E-state index contributed by atoms with van der Waals surface area (Å²) in [5.74, 6) is 0.854. The maximum Gasteiger partial charge on any atom is 0.221 e. The zero-order chi connectivity index (χ0) is 32.9. The number of rotatable bonds is 34. The molecule has 0 saturated heterocycles. The van der Waals surface area contributed by atoms with Crippen molar-refractivity contribution in [2.24, 2.45) is 5.92 Å². The Morgan fingerprint density at radius 2 is 0.933 bits per heavy atom. The Morgan fingerprint density at radius 1 is 0.533 bits per heavy atom. The molecule has 0 heterocycles. The average molecular weight is 627 g/mol. The second-order valence-electron chi connectivity index (χ2n) is 13.6. The van der Waals surface area contributed by atoms with Crippen molar-refractivity contribution < 1.29 is 4.79 Å². The van der Waals surface area contributed by atoms with E-state index in [1.165, 1.54) is 148 Å². The highest BCUT2D eigenvalue weighted by Crippen LogP contribution is 2.19. The third kappa shape index (κ3) is 36.7. The maximum atomic E-state index is 12.3. The molecule has 3 nitrogen and oxygen atoms in total. The summed E-state index contributed by atoms with van der Waals surface area (Å²) < 4.78 is 0. The van der Waals surface area contributed by atoms with Crippen molar-refractivity contribution in [2.45, 2.75) is 181 Å². The van der Waals surface area contributed by atoms with E-state index >= 15 is 0 Å². The van der Waals surface area contributed by atoms with Crippen LogP contribution in [0.15, 0.2) is 48.6 Å². The summed E-state index contributed by atoms with van der Waals surface area (Å²) in [7, 11) is 4.07. The SMILES string of the molecule is CCCC/C=C/C/C=C\CCCCCCCCC(CCCCCCCC/C=C\C/C=C\CCCCC)CNC(=O)CCN(C)C. The van der Waals surface area contributed by atoms with Crippen LogP contribution in [0, 0.1) is 5.92 Å². The first-order valence-corrected chi connectivity index (χ1v) is 19.6. The first-order chi connectivity index (χ1) is 22.1. The van der Waals surface area contributed by atoms with E-state index in [-0.39, 0.29) is 5.91 Å². The molecule has 0 aliphatic rings. The largest absolute Gasteiger partial charge is 0.356 e. The quantitative estimate of drug-likeness (QED) is 0.0569. The lowest BCUT2D eigenvalue weighted by atomic mass is 9.94. The molecule has 3 heteroatoms. The lowest BCUT2D eigenvalue weighted by Gasteiger charge is -2.18. The van der Waals surface area contributed by atoms with Crippen molar-refractivity contribution in [1.29, 1.82) is 0 Å². The normalized spacial score (nSPS) is 13.0.